The van der Waals surface area contributed by atoms with E-state index in [-0.39, 0.29) is 22.5 Å². The first-order valence-electron chi connectivity index (χ1n) is 10.4. The zero-order chi connectivity index (χ0) is 23.9. The second-order valence-corrected chi connectivity index (χ2v) is 8.04. The van der Waals surface area contributed by atoms with Crippen LogP contribution in [0.15, 0.2) is 23.3 Å². The molecule has 0 aromatic carbocycles. The molecule has 1 aliphatic heterocycles. The first kappa shape index (κ1) is 22.8. The molecule has 0 bridgehead atoms. The molecule has 1 amide bonds. The van der Waals surface area contributed by atoms with Crippen LogP contribution in [0.4, 0.5) is 19.1 Å². The Labute approximate surface area is 187 Å². The Bertz CT molecular complexity index is 1260. The van der Waals surface area contributed by atoms with Crippen molar-refractivity contribution in [1.82, 2.24) is 29.7 Å². The Balaban J connectivity index is 1.47. The first-order valence-corrected chi connectivity index (χ1v) is 10.4. The second-order valence-electron chi connectivity index (χ2n) is 8.04. The molecule has 3 aromatic rings. The van der Waals surface area contributed by atoms with Crippen molar-refractivity contribution in [1.29, 1.82) is 0 Å². The fourth-order valence-corrected chi connectivity index (χ4v) is 4.20. The number of nitrogens with one attached hydrogen (secondary N) is 2. The Morgan fingerprint density at radius 1 is 1.18 bits per heavy atom. The second kappa shape index (κ2) is 8.50. The number of anilines is 1. The maximum absolute atomic E-state index is 13.2. The minimum absolute atomic E-state index is 0.136. The van der Waals surface area contributed by atoms with E-state index in [1.54, 1.807) is 37.1 Å². The van der Waals surface area contributed by atoms with Gasteiger partial charge < -0.3 is 19.8 Å². The number of rotatable bonds is 4. The summed E-state index contributed by atoms with van der Waals surface area (Å²) < 4.78 is 41.3. The van der Waals surface area contributed by atoms with Crippen LogP contribution < -0.4 is 15.8 Å². The van der Waals surface area contributed by atoms with Crippen molar-refractivity contribution in [2.45, 2.75) is 19.6 Å². The van der Waals surface area contributed by atoms with Crippen molar-refractivity contribution < 1.29 is 18.0 Å². The fourth-order valence-electron chi connectivity index (χ4n) is 4.20. The summed E-state index contributed by atoms with van der Waals surface area (Å²) in [7, 11) is 3.37. The highest BCUT2D eigenvalue weighted by Gasteiger charge is 2.37. The van der Waals surface area contributed by atoms with Crippen LogP contribution in [0, 0.1) is 6.92 Å². The minimum Gasteiger partial charge on any atom is -0.354 e. The maximum Gasteiger partial charge on any atom is 0.422 e. The topological polar surface area (TPSA) is 99.2 Å². The lowest BCUT2D eigenvalue weighted by atomic mass is 10.1. The molecular weight excluding hydrogens is 439 g/mol. The number of aryl methyl sites for hydroxylation is 1. The van der Waals surface area contributed by atoms with Crippen LogP contribution in [0.2, 0.25) is 0 Å². The smallest absolute Gasteiger partial charge is 0.354 e. The number of carbonyl (C=O) groups excluding carboxylic acids is 1. The summed E-state index contributed by atoms with van der Waals surface area (Å²) >= 11 is 0. The van der Waals surface area contributed by atoms with Gasteiger partial charge in [0.2, 0.25) is 5.95 Å². The standard InChI is InChI=1S/C21H24F3N7O2/c1-12-16(21(22,23)24)19(33)28-14-8-13(9-26-17(12)14)11-30-4-6-31(7-5-30)20-27-10-15(29(20)3)18(32)25-2/h8-10H,4-7,11H2,1-3H3,(H,25,32)(H,28,33). The molecule has 0 spiro atoms. The summed E-state index contributed by atoms with van der Waals surface area (Å²) in [6.07, 6.45) is -1.64. The number of fused-ring (bicyclic) bond motifs is 1. The quantitative estimate of drug-likeness (QED) is 0.611. The fraction of sp³-hybridized carbons (Fsp3) is 0.429. The Hall–Kier alpha value is -3.41. The van der Waals surface area contributed by atoms with Gasteiger partial charge in [-0.3, -0.25) is 19.5 Å². The van der Waals surface area contributed by atoms with Gasteiger partial charge >= 0.3 is 6.18 Å². The number of H-pyrrole nitrogens is 1. The Kier molecular flexibility index (Phi) is 5.87. The molecule has 176 valence electrons. The van der Waals surface area contributed by atoms with Gasteiger partial charge in [-0.2, -0.15) is 13.2 Å². The van der Waals surface area contributed by atoms with Gasteiger partial charge in [0.15, 0.2) is 0 Å². The Morgan fingerprint density at radius 3 is 2.52 bits per heavy atom. The van der Waals surface area contributed by atoms with E-state index in [9.17, 15) is 22.8 Å². The monoisotopic (exact) mass is 463 g/mol. The molecule has 4 rings (SSSR count). The van der Waals surface area contributed by atoms with Gasteiger partial charge in [-0.25, -0.2) is 4.98 Å². The number of aromatic nitrogens is 4. The van der Waals surface area contributed by atoms with Gasteiger partial charge in [0.05, 0.1) is 17.2 Å². The largest absolute Gasteiger partial charge is 0.422 e. The third kappa shape index (κ3) is 4.30. The first-order chi connectivity index (χ1) is 15.6. The number of carbonyl (C=O) groups is 1. The average molecular weight is 463 g/mol. The molecule has 0 unspecified atom stereocenters. The van der Waals surface area contributed by atoms with Crippen molar-refractivity contribution in [3.05, 3.63) is 51.2 Å². The normalized spacial score (nSPS) is 15.3. The van der Waals surface area contributed by atoms with Gasteiger partial charge in [0, 0.05) is 53.0 Å². The van der Waals surface area contributed by atoms with Crippen molar-refractivity contribution in [2.75, 3.05) is 38.1 Å². The highest BCUT2D eigenvalue weighted by atomic mass is 19.4. The predicted molar refractivity (Wildman–Crippen MR) is 116 cm³/mol. The van der Waals surface area contributed by atoms with Crippen LogP contribution in [-0.4, -0.2) is 63.6 Å². The van der Waals surface area contributed by atoms with Crippen LogP contribution in [-0.2, 0) is 19.8 Å². The molecule has 1 fully saturated rings. The number of hydrogen-bond donors (Lipinski definition) is 2. The van der Waals surface area contributed by atoms with Crippen molar-refractivity contribution in [2.24, 2.45) is 7.05 Å². The average Bonchev–Trinajstić information content (AvgIpc) is 3.14. The lowest BCUT2D eigenvalue weighted by Gasteiger charge is -2.35. The van der Waals surface area contributed by atoms with E-state index in [1.165, 1.54) is 6.92 Å². The van der Waals surface area contributed by atoms with E-state index >= 15 is 0 Å². The van der Waals surface area contributed by atoms with Gasteiger partial charge in [-0.05, 0) is 24.1 Å². The number of pyridine rings is 2. The van der Waals surface area contributed by atoms with Crippen molar-refractivity contribution in [3.63, 3.8) is 0 Å². The minimum atomic E-state index is -4.74. The van der Waals surface area contributed by atoms with Gasteiger partial charge in [-0.15, -0.1) is 0 Å². The molecule has 4 heterocycles. The van der Waals surface area contributed by atoms with Gasteiger partial charge in [-0.1, -0.05) is 0 Å². The summed E-state index contributed by atoms with van der Waals surface area (Å²) in [6.45, 7) is 4.65. The zero-order valence-corrected chi connectivity index (χ0v) is 18.5. The van der Waals surface area contributed by atoms with Crippen LogP contribution in [0.5, 0.6) is 0 Å². The van der Waals surface area contributed by atoms with Crippen molar-refractivity contribution >= 4 is 22.9 Å². The number of alkyl halides is 3. The number of imidazole rings is 1. The number of piperazine rings is 1. The highest BCUT2D eigenvalue weighted by molar-refractivity contribution is 5.92. The van der Waals surface area contributed by atoms with Crippen LogP contribution >= 0.6 is 0 Å². The third-order valence-electron chi connectivity index (χ3n) is 5.92. The SMILES string of the molecule is CNC(=O)c1cnc(N2CCN(Cc3cnc4c(C)c(C(F)(F)F)c(=O)[nH]c4c3)CC2)n1C. The van der Waals surface area contributed by atoms with E-state index in [1.807, 2.05) is 0 Å². The highest BCUT2D eigenvalue weighted by Crippen LogP contribution is 2.31. The van der Waals surface area contributed by atoms with Gasteiger partial charge in [0.25, 0.3) is 11.5 Å². The number of hydrogen-bond acceptors (Lipinski definition) is 6. The molecule has 2 N–H and O–H groups in total. The molecule has 1 aliphatic rings. The van der Waals surface area contributed by atoms with Crippen LogP contribution in [0.3, 0.4) is 0 Å². The molecule has 0 saturated carbocycles. The third-order valence-corrected chi connectivity index (χ3v) is 5.92. The van der Waals surface area contributed by atoms with Crippen molar-refractivity contribution in [3.8, 4) is 0 Å². The number of halogens is 3. The molecule has 9 nitrogen and oxygen atoms in total. The number of aromatic amines is 1. The molecular formula is C21H24F3N7O2. The van der Waals surface area contributed by atoms with Crippen LogP contribution in [0.25, 0.3) is 11.0 Å². The molecule has 1 saturated heterocycles. The molecule has 0 aliphatic carbocycles. The van der Waals surface area contributed by atoms with E-state index < -0.39 is 17.3 Å². The molecule has 0 atom stereocenters. The maximum atomic E-state index is 13.2. The Morgan fingerprint density at radius 2 is 1.88 bits per heavy atom. The van der Waals surface area contributed by atoms with E-state index in [2.05, 4.69) is 30.1 Å². The lowest BCUT2D eigenvalue weighted by Crippen LogP contribution is -2.46. The van der Waals surface area contributed by atoms with E-state index in [0.717, 1.165) is 18.7 Å². The predicted octanol–water partition coefficient (Wildman–Crippen LogP) is 1.67. The number of amides is 1. The van der Waals surface area contributed by atoms with E-state index in [4.69, 9.17) is 0 Å². The lowest BCUT2D eigenvalue weighted by molar-refractivity contribution is -0.139. The summed E-state index contributed by atoms with van der Waals surface area (Å²) in [5.74, 6) is 0.517. The summed E-state index contributed by atoms with van der Waals surface area (Å²) in [6, 6.07) is 1.68. The molecule has 0 radical (unpaired) electrons. The summed E-state index contributed by atoms with van der Waals surface area (Å²) in [5.41, 5.74) is -0.840. The molecule has 33 heavy (non-hydrogen) atoms. The van der Waals surface area contributed by atoms with Crippen LogP contribution in [0.1, 0.15) is 27.2 Å². The zero-order valence-electron chi connectivity index (χ0n) is 18.5. The summed E-state index contributed by atoms with van der Waals surface area (Å²) in [5, 5.41) is 2.59. The van der Waals surface area contributed by atoms with Gasteiger partial charge in [0.1, 0.15) is 11.3 Å². The molecule has 12 heteroatoms. The number of nitrogens with zero attached hydrogens (tertiary/aromatic N) is 5. The molecule has 3 aromatic heterocycles. The van der Waals surface area contributed by atoms with E-state index in [0.29, 0.717) is 31.3 Å². The summed E-state index contributed by atoms with van der Waals surface area (Å²) in [4.78, 5) is 39.1.